The molecule has 7 heteroatoms. The summed E-state index contributed by atoms with van der Waals surface area (Å²) >= 11 is 0. The second-order valence-corrected chi connectivity index (χ2v) is 11.1. The molecule has 7 nitrogen and oxygen atoms in total. The first-order valence-electron chi connectivity index (χ1n) is 15.1. The maximum absolute atomic E-state index is 12.3. The molecule has 1 atom stereocenters. The molecule has 1 rings (SSSR count). The average molecular weight is 537 g/mol. The quantitative estimate of drug-likeness (QED) is 0.105. The second kappa shape index (κ2) is 18.3. The van der Waals surface area contributed by atoms with E-state index < -0.39 is 5.97 Å². The van der Waals surface area contributed by atoms with Crippen molar-refractivity contribution in [1.82, 2.24) is 9.13 Å². The van der Waals surface area contributed by atoms with Crippen LogP contribution in [0.15, 0.2) is 23.6 Å². The van der Waals surface area contributed by atoms with Gasteiger partial charge in [0, 0.05) is 32.7 Å². The number of aromatic nitrogens is 2. The van der Waals surface area contributed by atoms with Crippen LogP contribution in [0.2, 0.25) is 0 Å². The molecule has 0 aliphatic rings. The second-order valence-electron chi connectivity index (χ2n) is 11.1. The van der Waals surface area contributed by atoms with Crippen molar-refractivity contribution >= 4 is 5.97 Å². The predicted octanol–water partition coefficient (Wildman–Crippen LogP) is 7.55. The lowest BCUT2D eigenvalue weighted by Gasteiger charge is -2.32. The van der Waals surface area contributed by atoms with Crippen molar-refractivity contribution in [3.8, 4) is 5.88 Å². The predicted molar refractivity (Wildman–Crippen MR) is 156 cm³/mol. The van der Waals surface area contributed by atoms with E-state index in [1.807, 2.05) is 13.0 Å². The van der Waals surface area contributed by atoms with Gasteiger partial charge in [0.2, 0.25) is 5.88 Å². The zero-order valence-electron chi connectivity index (χ0n) is 24.8. The van der Waals surface area contributed by atoms with Gasteiger partial charge in [-0.15, -0.1) is 6.58 Å². The van der Waals surface area contributed by atoms with Crippen molar-refractivity contribution in [2.45, 2.75) is 137 Å². The van der Waals surface area contributed by atoms with E-state index in [1.165, 1.54) is 23.6 Å². The molecule has 2 N–H and O–H groups in total. The van der Waals surface area contributed by atoms with Crippen molar-refractivity contribution in [2.24, 2.45) is 10.8 Å². The van der Waals surface area contributed by atoms with Crippen LogP contribution in [0.5, 0.6) is 5.88 Å². The molecule has 0 aromatic carbocycles. The van der Waals surface area contributed by atoms with Crippen molar-refractivity contribution < 1.29 is 19.7 Å². The minimum atomic E-state index is -0.722. The van der Waals surface area contributed by atoms with Crippen LogP contribution in [-0.2, 0) is 22.6 Å². The van der Waals surface area contributed by atoms with Crippen molar-refractivity contribution in [3.05, 3.63) is 29.3 Å². The van der Waals surface area contributed by atoms with E-state index in [0.717, 1.165) is 83.8 Å². The third-order valence-corrected chi connectivity index (χ3v) is 8.87. The highest BCUT2D eigenvalue weighted by atomic mass is 16.5. The Balaban J connectivity index is 2.26. The van der Waals surface area contributed by atoms with Gasteiger partial charge in [0.05, 0.1) is 6.20 Å². The van der Waals surface area contributed by atoms with Gasteiger partial charge in [-0.3, -0.25) is 13.9 Å². The van der Waals surface area contributed by atoms with Gasteiger partial charge in [-0.05, 0) is 75.5 Å². The van der Waals surface area contributed by atoms with Crippen molar-refractivity contribution in [3.63, 3.8) is 0 Å². The number of imidazole rings is 1. The number of rotatable bonds is 24. The first kappa shape index (κ1) is 34.0. The smallest absolute Gasteiger partial charge is 0.331 e. The largest absolute Gasteiger partial charge is 0.493 e. The topological polar surface area (TPSA) is 93.7 Å². The average Bonchev–Trinajstić information content (AvgIpc) is 3.19. The number of aromatic hydroxyl groups is 1. The molecule has 0 fully saturated rings. The summed E-state index contributed by atoms with van der Waals surface area (Å²) in [4.78, 5) is 23.1. The Morgan fingerprint density at radius 3 is 2.00 bits per heavy atom. The van der Waals surface area contributed by atoms with E-state index >= 15 is 0 Å². The van der Waals surface area contributed by atoms with Crippen LogP contribution in [0.3, 0.4) is 0 Å². The molecule has 0 saturated carbocycles. The zero-order valence-corrected chi connectivity index (χ0v) is 24.8. The van der Waals surface area contributed by atoms with Crippen LogP contribution in [0.1, 0.15) is 124 Å². The maximum atomic E-state index is 12.3. The number of allylic oxidation sites excluding steroid dienone is 1. The van der Waals surface area contributed by atoms with Gasteiger partial charge in [-0.2, -0.15) is 0 Å². The molecule has 1 unspecified atom stereocenters. The molecule has 0 aliphatic heterocycles. The van der Waals surface area contributed by atoms with Gasteiger partial charge >= 0.3 is 11.7 Å². The van der Waals surface area contributed by atoms with Crippen LogP contribution >= 0.6 is 0 Å². The molecule has 0 radical (unpaired) electrons. The number of aliphatic carboxylic acids is 1. The third kappa shape index (κ3) is 11.4. The molecule has 1 aromatic rings. The van der Waals surface area contributed by atoms with Crippen LogP contribution in [-0.4, -0.2) is 38.5 Å². The zero-order chi connectivity index (χ0) is 28.4. The van der Waals surface area contributed by atoms with E-state index in [9.17, 15) is 14.7 Å². The Hall–Kier alpha value is -2.02. The summed E-state index contributed by atoms with van der Waals surface area (Å²) in [6, 6.07) is 0. The molecular formula is C31H56N2O5. The Morgan fingerprint density at radius 1 is 0.921 bits per heavy atom. The lowest BCUT2D eigenvalue weighted by atomic mass is 9.74. The Kier molecular flexibility index (Phi) is 16.4. The van der Waals surface area contributed by atoms with Gasteiger partial charge in [-0.25, -0.2) is 4.79 Å². The van der Waals surface area contributed by atoms with Gasteiger partial charge in [-0.1, -0.05) is 59.0 Å². The normalized spacial score (nSPS) is 13.5. The Bertz CT molecular complexity index is 855. The number of carboxylic acids is 1. The van der Waals surface area contributed by atoms with E-state index in [-0.39, 0.29) is 23.4 Å². The lowest BCUT2D eigenvalue weighted by molar-refractivity contribution is -0.137. The Labute approximate surface area is 231 Å². The third-order valence-electron chi connectivity index (χ3n) is 8.87. The summed E-state index contributed by atoms with van der Waals surface area (Å²) in [6.07, 6.45) is 18.4. The van der Waals surface area contributed by atoms with Crippen LogP contribution in [0, 0.1) is 10.8 Å². The summed E-state index contributed by atoms with van der Waals surface area (Å²) in [5, 5.41) is 19.0. The molecule has 0 saturated heterocycles. The molecule has 1 aromatic heterocycles. The molecule has 1 heterocycles. The molecule has 0 spiro atoms. The van der Waals surface area contributed by atoms with E-state index in [0.29, 0.717) is 24.9 Å². The molecular weight excluding hydrogens is 480 g/mol. The molecule has 0 amide bonds. The highest BCUT2D eigenvalue weighted by Gasteiger charge is 2.25. The number of carbonyl (C=O) groups is 1. The fourth-order valence-electron chi connectivity index (χ4n) is 5.71. The van der Waals surface area contributed by atoms with Gasteiger partial charge in [0.1, 0.15) is 0 Å². The summed E-state index contributed by atoms with van der Waals surface area (Å²) < 4.78 is 8.96. The SMILES string of the molecule is C=CC(CC)(CCCCOCCCCC(CC)(CC)CCCCn1c(O)cn(CC)c1=O)CCCC(=O)O. The molecule has 0 bridgehead atoms. The number of aryl methyl sites for hydroxylation is 1. The number of carboxylic acid groups (broad SMARTS) is 1. The number of ether oxygens (including phenoxy) is 1. The van der Waals surface area contributed by atoms with Crippen LogP contribution in [0.25, 0.3) is 0 Å². The van der Waals surface area contributed by atoms with Crippen LogP contribution in [0.4, 0.5) is 0 Å². The fraction of sp³-hybridized carbons (Fsp3) is 0.806. The first-order chi connectivity index (χ1) is 18.2. The summed E-state index contributed by atoms with van der Waals surface area (Å²) in [7, 11) is 0. The number of unbranched alkanes of at least 4 members (excludes halogenated alkanes) is 3. The maximum Gasteiger partial charge on any atom is 0.331 e. The standard InChI is InChI=1S/C31H56N2O5/c1-6-30(7-2,19-11-14-23-33-27(34)26-32(10-5)29(33)37)20-12-15-24-38-25-16-13-21-31(8-3,9-4)22-17-18-28(35)36/h8,26,34H,3,6-7,9-25H2,1-2,4-5H3,(H,35,36). The van der Waals surface area contributed by atoms with Crippen LogP contribution < -0.4 is 5.69 Å². The minimum Gasteiger partial charge on any atom is -0.493 e. The molecule has 38 heavy (non-hydrogen) atoms. The fourth-order valence-corrected chi connectivity index (χ4v) is 5.71. The molecule has 220 valence electrons. The Morgan fingerprint density at radius 2 is 1.50 bits per heavy atom. The van der Waals surface area contributed by atoms with Gasteiger partial charge < -0.3 is 14.9 Å². The highest BCUT2D eigenvalue weighted by molar-refractivity contribution is 5.66. The number of hydrogen-bond acceptors (Lipinski definition) is 4. The number of nitrogens with zero attached hydrogens (tertiary/aromatic N) is 2. The van der Waals surface area contributed by atoms with Crippen molar-refractivity contribution in [2.75, 3.05) is 13.2 Å². The first-order valence-corrected chi connectivity index (χ1v) is 15.1. The molecule has 0 aliphatic carbocycles. The van der Waals surface area contributed by atoms with Gasteiger partial charge in [0.15, 0.2) is 0 Å². The lowest BCUT2D eigenvalue weighted by Crippen LogP contribution is -2.24. The monoisotopic (exact) mass is 536 g/mol. The minimum absolute atomic E-state index is 0.0516. The van der Waals surface area contributed by atoms with Gasteiger partial charge in [0.25, 0.3) is 0 Å². The summed E-state index contributed by atoms with van der Waals surface area (Å²) in [6.45, 7) is 15.4. The van der Waals surface area contributed by atoms with E-state index in [1.54, 1.807) is 4.57 Å². The van der Waals surface area contributed by atoms with E-state index in [4.69, 9.17) is 9.84 Å². The number of hydrogen-bond donors (Lipinski definition) is 2. The summed E-state index contributed by atoms with van der Waals surface area (Å²) in [5.74, 6) is -0.657. The highest BCUT2D eigenvalue weighted by Crippen LogP contribution is 2.38. The van der Waals surface area contributed by atoms with E-state index in [2.05, 4.69) is 27.4 Å². The summed E-state index contributed by atoms with van der Waals surface area (Å²) in [5.41, 5.74) is 0.274. The van der Waals surface area contributed by atoms with Crippen molar-refractivity contribution in [1.29, 1.82) is 0 Å².